The number of halogens is 1. The first-order valence-electron chi connectivity index (χ1n) is 9.32. The van der Waals surface area contributed by atoms with Gasteiger partial charge in [-0.3, -0.25) is 9.48 Å². The summed E-state index contributed by atoms with van der Waals surface area (Å²) in [4.78, 5) is 16.6. The first-order chi connectivity index (χ1) is 13.6. The number of benzene rings is 1. The fourth-order valence-electron chi connectivity index (χ4n) is 3.41. The highest BCUT2D eigenvalue weighted by Crippen LogP contribution is 2.31. The molecule has 8 heteroatoms. The molecule has 4 rings (SSSR count). The summed E-state index contributed by atoms with van der Waals surface area (Å²) in [7, 11) is 1.91. The summed E-state index contributed by atoms with van der Waals surface area (Å²) in [6.45, 7) is 1.56. The van der Waals surface area contributed by atoms with E-state index >= 15 is 0 Å². The average molecular weight is 383 g/mol. The van der Waals surface area contributed by atoms with Gasteiger partial charge in [0.1, 0.15) is 17.6 Å². The summed E-state index contributed by atoms with van der Waals surface area (Å²) in [5.74, 6) is 0.385. The Balaban J connectivity index is 1.57. The number of nitrogens with one attached hydrogen (secondary N) is 1. The number of aryl methyl sites for hydroxylation is 1. The van der Waals surface area contributed by atoms with Gasteiger partial charge < -0.3 is 14.6 Å². The molecule has 0 saturated carbocycles. The zero-order chi connectivity index (χ0) is 19.5. The molecule has 3 heterocycles. The van der Waals surface area contributed by atoms with Crippen LogP contribution in [-0.2, 0) is 23.1 Å². The smallest absolute Gasteiger partial charge is 0.249 e. The van der Waals surface area contributed by atoms with Gasteiger partial charge in [0.2, 0.25) is 5.91 Å². The van der Waals surface area contributed by atoms with Gasteiger partial charge >= 0.3 is 0 Å². The topological polar surface area (TPSA) is 74.0 Å². The number of aromatic nitrogens is 4. The molecule has 0 unspecified atom stereocenters. The van der Waals surface area contributed by atoms with E-state index in [-0.39, 0.29) is 17.8 Å². The molecule has 28 heavy (non-hydrogen) atoms. The Bertz CT molecular complexity index is 957. The number of hydrogen-bond donors (Lipinski definition) is 1. The highest BCUT2D eigenvalue weighted by Gasteiger charge is 2.23. The fourth-order valence-corrected chi connectivity index (χ4v) is 3.41. The Morgan fingerprint density at radius 1 is 1.36 bits per heavy atom. The molecular weight excluding hydrogens is 361 g/mol. The second-order valence-corrected chi connectivity index (χ2v) is 6.79. The van der Waals surface area contributed by atoms with E-state index in [0.717, 1.165) is 35.5 Å². The van der Waals surface area contributed by atoms with E-state index in [2.05, 4.69) is 15.4 Å². The molecule has 7 nitrogen and oxygen atoms in total. The first kappa shape index (κ1) is 18.4. The minimum absolute atomic E-state index is 0.0815. The van der Waals surface area contributed by atoms with Crippen LogP contribution in [0.3, 0.4) is 0 Å². The van der Waals surface area contributed by atoms with Gasteiger partial charge in [-0.15, -0.1) is 0 Å². The standard InChI is InChI=1S/C20H22FN5O2/c1-25-10-8-22-19(25)18-16(14-4-6-15(21)7-5-14)13-24-26(18)11-9-23-20(27)17-3-2-12-28-17/h4-8,10,13,17H,2-3,9,11-12H2,1H3,(H,23,27)/t17-/m0/s1. The van der Waals surface area contributed by atoms with Crippen molar-refractivity contribution in [2.24, 2.45) is 7.05 Å². The molecule has 1 N–H and O–H groups in total. The predicted molar refractivity (Wildman–Crippen MR) is 102 cm³/mol. The molecule has 1 aliphatic heterocycles. The van der Waals surface area contributed by atoms with Gasteiger partial charge in [-0.1, -0.05) is 12.1 Å². The van der Waals surface area contributed by atoms with Crippen LogP contribution in [0.25, 0.3) is 22.6 Å². The van der Waals surface area contributed by atoms with Gasteiger partial charge in [0.25, 0.3) is 0 Å². The van der Waals surface area contributed by atoms with E-state index in [1.54, 1.807) is 24.5 Å². The number of hydrogen-bond acceptors (Lipinski definition) is 4. The van der Waals surface area contributed by atoms with Gasteiger partial charge in [0.05, 0.1) is 12.7 Å². The maximum Gasteiger partial charge on any atom is 0.249 e. The molecule has 1 saturated heterocycles. The maximum absolute atomic E-state index is 13.3. The van der Waals surface area contributed by atoms with Crippen molar-refractivity contribution in [2.45, 2.75) is 25.5 Å². The van der Waals surface area contributed by atoms with Crippen LogP contribution in [0.4, 0.5) is 4.39 Å². The van der Waals surface area contributed by atoms with E-state index in [9.17, 15) is 9.18 Å². The molecule has 1 aromatic carbocycles. The van der Waals surface area contributed by atoms with Crippen molar-refractivity contribution in [3.05, 3.63) is 48.7 Å². The van der Waals surface area contributed by atoms with Crippen LogP contribution in [0, 0.1) is 5.82 Å². The van der Waals surface area contributed by atoms with E-state index in [1.165, 1.54) is 12.1 Å². The molecule has 0 aliphatic carbocycles. The Kier molecular flexibility index (Phi) is 5.21. The highest BCUT2D eigenvalue weighted by atomic mass is 19.1. The second-order valence-electron chi connectivity index (χ2n) is 6.79. The third kappa shape index (κ3) is 3.68. The molecule has 1 amide bonds. The zero-order valence-electron chi connectivity index (χ0n) is 15.6. The predicted octanol–water partition coefficient (Wildman–Crippen LogP) is 2.38. The number of carbonyl (C=O) groups excluding carboxylic acids is 1. The van der Waals surface area contributed by atoms with Gasteiger partial charge in [0, 0.05) is 38.2 Å². The Morgan fingerprint density at radius 3 is 2.86 bits per heavy atom. The van der Waals surface area contributed by atoms with Crippen LogP contribution < -0.4 is 5.32 Å². The molecule has 1 aliphatic rings. The van der Waals surface area contributed by atoms with Crippen LogP contribution in [0.15, 0.2) is 42.9 Å². The Hall–Kier alpha value is -3.00. The minimum atomic E-state index is -0.346. The lowest BCUT2D eigenvalue weighted by atomic mass is 10.1. The van der Waals surface area contributed by atoms with E-state index in [0.29, 0.717) is 19.7 Å². The highest BCUT2D eigenvalue weighted by molar-refractivity contribution is 5.81. The summed E-state index contributed by atoms with van der Waals surface area (Å²) in [6, 6.07) is 6.30. The fraction of sp³-hybridized carbons (Fsp3) is 0.350. The maximum atomic E-state index is 13.3. The third-order valence-electron chi connectivity index (χ3n) is 4.87. The van der Waals surface area contributed by atoms with Gasteiger partial charge in [-0.2, -0.15) is 5.10 Å². The summed E-state index contributed by atoms with van der Waals surface area (Å²) in [6.07, 6.45) is 6.67. The molecule has 1 atom stereocenters. The van der Waals surface area contributed by atoms with Crippen LogP contribution in [0.2, 0.25) is 0 Å². The molecule has 0 bridgehead atoms. The summed E-state index contributed by atoms with van der Waals surface area (Å²) < 4.78 is 22.5. The third-order valence-corrected chi connectivity index (χ3v) is 4.87. The zero-order valence-corrected chi connectivity index (χ0v) is 15.6. The van der Waals surface area contributed by atoms with Crippen LogP contribution in [0.1, 0.15) is 12.8 Å². The van der Waals surface area contributed by atoms with Crippen LogP contribution in [0.5, 0.6) is 0 Å². The van der Waals surface area contributed by atoms with Crippen molar-refractivity contribution in [1.29, 1.82) is 0 Å². The van der Waals surface area contributed by atoms with Crippen LogP contribution in [-0.4, -0.2) is 44.5 Å². The van der Waals surface area contributed by atoms with Crippen LogP contribution >= 0.6 is 0 Å². The van der Waals surface area contributed by atoms with Crippen molar-refractivity contribution >= 4 is 5.91 Å². The molecule has 0 radical (unpaired) electrons. The van der Waals surface area contributed by atoms with E-state index < -0.39 is 0 Å². The van der Waals surface area contributed by atoms with Gasteiger partial charge in [0.15, 0.2) is 5.82 Å². The minimum Gasteiger partial charge on any atom is -0.368 e. The molecule has 2 aromatic heterocycles. The summed E-state index contributed by atoms with van der Waals surface area (Å²) >= 11 is 0. The monoisotopic (exact) mass is 383 g/mol. The number of amides is 1. The Morgan fingerprint density at radius 2 is 2.18 bits per heavy atom. The largest absolute Gasteiger partial charge is 0.368 e. The van der Waals surface area contributed by atoms with Gasteiger partial charge in [-0.05, 0) is 30.5 Å². The number of ether oxygens (including phenoxy) is 1. The van der Waals surface area contributed by atoms with E-state index in [4.69, 9.17) is 4.74 Å². The lowest BCUT2D eigenvalue weighted by Crippen LogP contribution is -2.36. The summed E-state index contributed by atoms with van der Waals surface area (Å²) in [5.41, 5.74) is 2.54. The molecule has 0 spiro atoms. The van der Waals surface area contributed by atoms with E-state index in [1.807, 2.05) is 22.5 Å². The number of rotatable bonds is 6. The lowest BCUT2D eigenvalue weighted by molar-refractivity contribution is -0.130. The van der Waals surface area contributed by atoms with Gasteiger partial charge in [-0.25, -0.2) is 9.37 Å². The molecular formula is C20H22FN5O2. The number of imidazole rings is 1. The number of carbonyl (C=O) groups is 1. The normalized spacial score (nSPS) is 16.4. The summed E-state index contributed by atoms with van der Waals surface area (Å²) in [5, 5.41) is 7.41. The molecule has 146 valence electrons. The van der Waals surface area contributed by atoms with Crippen molar-refractivity contribution in [3.8, 4) is 22.6 Å². The van der Waals surface area contributed by atoms with Crippen molar-refractivity contribution in [1.82, 2.24) is 24.6 Å². The quantitative estimate of drug-likeness (QED) is 0.709. The first-order valence-corrected chi connectivity index (χ1v) is 9.32. The SMILES string of the molecule is Cn1ccnc1-c1c(-c2ccc(F)cc2)cnn1CCNC(=O)[C@@H]1CCCO1. The average Bonchev–Trinajstić information content (AvgIpc) is 3.43. The lowest BCUT2D eigenvalue weighted by Gasteiger charge is -2.13. The van der Waals surface area contributed by atoms with Crippen molar-refractivity contribution in [2.75, 3.05) is 13.2 Å². The van der Waals surface area contributed by atoms with Crippen molar-refractivity contribution < 1.29 is 13.9 Å². The second kappa shape index (κ2) is 7.93. The molecule has 3 aromatic rings. The molecule has 1 fully saturated rings. The van der Waals surface area contributed by atoms with Crippen molar-refractivity contribution in [3.63, 3.8) is 0 Å². The number of nitrogens with zero attached hydrogens (tertiary/aromatic N) is 4. The Labute approximate surface area is 162 Å².